The number of fused-ring (bicyclic) bond motifs is 1. The molecule has 0 bridgehead atoms. The number of amides is 2. The summed E-state index contributed by atoms with van der Waals surface area (Å²) >= 11 is 0. The molecule has 1 saturated heterocycles. The highest BCUT2D eigenvalue weighted by atomic mass is 19.1. The Bertz CT molecular complexity index is 1430. The van der Waals surface area contributed by atoms with E-state index in [2.05, 4.69) is 5.32 Å². The number of hydrogen-bond acceptors (Lipinski definition) is 5. The summed E-state index contributed by atoms with van der Waals surface area (Å²) in [4.78, 5) is 41.9. The lowest BCUT2D eigenvalue weighted by Gasteiger charge is -2.48. The molecule has 0 atom stereocenters. The Morgan fingerprint density at radius 3 is 2.55 bits per heavy atom. The molecule has 198 valence electrons. The van der Waals surface area contributed by atoms with E-state index in [4.69, 9.17) is 9.47 Å². The average Bonchev–Trinajstić information content (AvgIpc) is 2.92. The zero-order chi connectivity index (χ0) is 26.9. The number of nitrogens with zero attached hydrogens (tertiary/aromatic N) is 2. The molecule has 1 fully saturated rings. The van der Waals surface area contributed by atoms with Crippen molar-refractivity contribution in [2.45, 2.75) is 38.1 Å². The van der Waals surface area contributed by atoms with Crippen molar-refractivity contribution < 1.29 is 27.8 Å². The zero-order valence-corrected chi connectivity index (χ0v) is 20.8. The van der Waals surface area contributed by atoms with Crippen molar-refractivity contribution in [1.29, 1.82) is 0 Å². The minimum atomic E-state index is -0.811. The van der Waals surface area contributed by atoms with Crippen LogP contribution in [0.25, 0.3) is 0 Å². The number of halogens is 2. The predicted molar refractivity (Wildman–Crippen MR) is 134 cm³/mol. The van der Waals surface area contributed by atoms with E-state index in [1.54, 1.807) is 16.5 Å². The van der Waals surface area contributed by atoms with Crippen molar-refractivity contribution in [2.24, 2.45) is 0 Å². The fourth-order valence-electron chi connectivity index (χ4n) is 4.99. The number of benzene rings is 2. The molecule has 0 aliphatic carbocycles. The maximum atomic E-state index is 14.1. The Morgan fingerprint density at radius 1 is 1.11 bits per heavy atom. The number of likely N-dealkylation sites (N-methyl/N-ethyl adjacent to an activating group) is 1. The van der Waals surface area contributed by atoms with Crippen LogP contribution in [0.1, 0.15) is 44.8 Å². The van der Waals surface area contributed by atoms with Crippen LogP contribution in [0.5, 0.6) is 5.75 Å². The van der Waals surface area contributed by atoms with Gasteiger partial charge in [0.25, 0.3) is 11.8 Å². The summed E-state index contributed by atoms with van der Waals surface area (Å²) in [5.74, 6) is -2.89. The van der Waals surface area contributed by atoms with Crippen molar-refractivity contribution in [2.75, 3.05) is 20.3 Å². The second-order valence-corrected chi connectivity index (χ2v) is 9.57. The second-order valence-electron chi connectivity index (χ2n) is 9.57. The third-order valence-electron chi connectivity index (χ3n) is 7.27. The van der Waals surface area contributed by atoms with Crippen molar-refractivity contribution in [1.82, 2.24) is 14.8 Å². The molecule has 2 aromatic carbocycles. The molecule has 0 radical (unpaired) electrons. The van der Waals surface area contributed by atoms with Gasteiger partial charge in [0.15, 0.2) is 11.4 Å². The first-order valence-corrected chi connectivity index (χ1v) is 12.3. The zero-order valence-electron chi connectivity index (χ0n) is 20.8. The monoisotopic (exact) mass is 523 g/mol. The fraction of sp³-hybridized carbons (Fsp3) is 0.321. The van der Waals surface area contributed by atoms with Crippen LogP contribution in [0.15, 0.2) is 59.5 Å². The number of nitrogens with one attached hydrogen (secondary N) is 1. The van der Waals surface area contributed by atoms with E-state index in [0.29, 0.717) is 32.6 Å². The largest absolute Gasteiger partial charge is 0.483 e. The number of ether oxygens (including phenoxy) is 2. The first-order chi connectivity index (χ1) is 18.3. The van der Waals surface area contributed by atoms with Gasteiger partial charge in [0, 0.05) is 51.2 Å². The van der Waals surface area contributed by atoms with Crippen LogP contribution in [0.2, 0.25) is 0 Å². The molecule has 38 heavy (non-hydrogen) atoms. The Labute approximate surface area is 217 Å². The highest BCUT2D eigenvalue weighted by molar-refractivity contribution is 5.99. The first-order valence-electron chi connectivity index (χ1n) is 12.3. The quantitative estimate of drug-likeness (QED) is 0.536. The van der Waals surface area contributed by atoms with Gasteiger partial charge in [-0.05, 0) is 24.5 Å². The van der Waals surface area contributed by atoms with Gasteiger partial charge in [-0.15, -0.1) is 0 Å². The summed E-state index contributed by atoms with van der Waals surface area (Å²) in [5, 5.41) is 2.53. The van der Waals surface area contributed by atoms with E-state index in [0.717, 1.165) is 17.7 Å². The molecule has 0 unspecified atom stereocenters. The summed E-state index contributed by atoms with van der Waals surface area (Å²) in [6, 6.07) is 12.2. The molecule has 1 N–H and O–H groups in total. The van der Waals surface area contributed by atoms with Gasteiger partial charge in [-0.3, -0.25) is 14.4 Å². The number of aromatic nitrogens is 1. The molecule has 10 heteroatoms. The van der Waals surface area contributed by atoms with Crippen LogP contribution in [0.4, 0.5) is 8.78 Å². The molecular weight excluding hydrogens is 496 g/mol. The van der Waals surface area contributed by atoms with Crippen LogP contribution >= 0.6 is 0 Å². The molecule has 0 saturated carbocycles. The Balaban J connectivity index is 1.52. The lowest BCUT2D eigenvalue weighted by atomic mass is 9.85. The lowest BCUT2D eigenvalue weighted by molar-refractivity contribution is -0.0268. The molecule has 3 heterocycles. The summed E-state index contributed by atoms with van der Waals surface area (Å²) in [6.45, 7) is 1.09. The SMILES string of the molecule is CN1C(=O)c2c(OCc3ccccc3)c(=O)c(C(=O)NCc3ccc(F)cc3F)cn2CC12CCOCC2. The molecule has 1 spiro atoms. The number of carbonyl (C=O) groups excluding carboxylic acids is 2. The molecule has 1 aromatic heterocycles. The smallest absolute Gasteiger partial charge is 0.274 e. The average molecular weight is 524 g/mol. The second kappa shape index (κ2) is 10.4. The third-order valence-corrected chi connectivity index (χ3v) is 7.27. The maximum Gasteiger partial charge on any atom is 0.274 e. The fourth-order valence-corrected chi connectivity index (χ4v) is 4.99. The van der Waals surface area contributed by atoms with Crippen LogP contribution in [0, 0.1) is 11.6 Å². The normalized spacial score (nSPS) is 16.3. The molecule has 5 rings (SSSR count). The van der Waals surface area contributed by atoms with Crippen molar-refractivity contribution >= 4 is 11.8 Å². The van der Waals surface area contributed by atoms with Crippen LogP contribution < -0.4 is 15.5 Å². The number of rotatable bonds is 6. The summed E-state index contributed by atoms with van der Waals surface area (Å²) in [7, 11) is 1.71. The van der Waals surface area contributed by atoms with Gasteiger partial charge in [-0.25, -0.2) is 8.78 Å². The number of hydrogen-bond donors (Lipinski definition) is 1. The predicted octanol–water partition coefficient (Wildman–Crippen LogP) is 3.27. The maximum absolute atomic E-state index is 14.1. The summed E-state index contributed by atoms with van der Waals surface area (Å²) < 4.78 is 40.4. The third kappa shape index (κ3) is 4.79. The molecule has 8 nitrogen and oxygen atoms in total. The summed E-state index contributed by atoms with van der Waals surface area (Å²) in [6.07, 6.45) is 2.57. The highest BCUT2D eigenvalue weighted by Gasteiger charge is 2.46. The van der Waals surface area contributed by atoms with Gasteiger partial charge >= 0.3 is 0 Å². The van der Waals surface area contributed by atoms with Crippen LogP contribution in [0.3, 0.4) is 0 Å². The van der Waals surface area contributed by atoms with Crippen molar-refractivity contribution in [3.63, 3.8) is 0 Å². The van der Waals surface area contributed by atoms with Crippen LogP contribution in [-0.2, 0) is 24.4 Å². The van der Waals surface area contributed by atoms with Crippen molar-refractivity contribution in [3.8, 4) is 5.75 Å². The van der Waals surface area contributed by atoms with E-state index < -0.39 is 28.5 Å². The Hall–Kier alpha value is -4.05. The topological polar surface area (TPSA) is 89.9 Å². The number of carbonyl (C=O) groups is 2. The molecule has 2 amide bonds. The van der Waals surface area contributed by atoms with Crippen molar-refractivity contribution in [3.05, 3.63) is 99.0 Å². The minimum Gasteiger partial charge on any atom is -0.483 e. The van der Waals surface area contributed by atoms with E-state index in [-0.39, 0.29) is 41.6 Å². The van der Waals surface area contributed by atoms with Gasteiger partial charge in [0.05, 0.1) is 5.54 Å². The lowest BCUT2D eigenvalue weighted by Crippen LogP contribution is -2.59. The van der Waals surface area contributed by atoms with Gasteiger partial charge < -0.3 is 24.3 Å². The highest BCUT2D eigenvalue weighted by Crippen LogP contribution is 2.36. The molecule has 3 aromatic rings. The summed E-state index contributed by atoms with van der Waals surface area (Å²) in [5.41, 5.74) is -0.584. The van der Waals surface area contributed by atoms with Crippen LogP contribution in [-0.4, -0.2) is 47.1 Å². The van der Waals surface area contributed by atoms with Gasteiger partial charge in [0.1, 0.15) is 23.8 Å². The number of pyridine rings is 1. The molecular formula is C28H27F2N3O5. The standard InChI is InChI=1S/C28H27F2N3O5/c1-32-27(36)23-25(38-16-18-5-3-2-4-6-18)24(34)21(15-33(23)17-28(32)9-11-37-12-10-28)26(35)31-14-19-7-8-20(29)13-22(19)30/h2-8,13,15H,9-12,14,16-17H2,1H3,(H,31,35). The van der Waals surface area contributed by atoms with Gasteiger partial charge in [-0.2, -0.15) is 0 Å². The van der Waals surface area contributed by atoms with E-state index >= 15 is 0 Å². The van der Waals surface area contributed by atoms with E-state index in [1.807, 2.05) is 30.3 Å². The van der Waals surface area contributed by atoms with E-state index in [9.17, 15) is 23.2 Å². The van der Waals surface area contributed by atoms with Gasteiger partial charge in [0.2, 0.25) is 5.43 Å². The Kier molecular flexibility index (Phi) is 6.98. The first kappa shape index (κ1) is 25.6. The van der Waals surface area contributed by atoms with Gasteiger partial charge in [-0.1, -0.05) is 36.4 Å². The Morgan fingerprint density at radius 2 is 1.84 bits per heavy atom. The molecule has 2 aliphatic heterocycles. The minimum absolute atomic E-state index is 0.0188. The molecule has 2 aliphatic rings. The van der Waals surface area contributed by atoms with E-state index in [1.165, 1.54) is 12.3 Å².